The summed E-state index contributed by atoms with van der Waals surface area (Å²) in [5.74, 6) is 0.341. The van der Waals surface area contributed by atoms with Gasteiger partial charge in [0.15, 0.2) is 0 Å². The average molecular weight is 215 g/mol. The number of rotatable bonds is 9. The van der Waals surface area contributed by atoms with E-state index in [-0.39, 0.29) is 11.8 Å². The number of carbonyl (C=O) groups is 1. The van der Waals surface area contributed by atoms with Crippen molar-refractivity contribution < 1.29 is 9.53 Å². The van der Waals surface area contributed by atoms with Gasteiger partial charge in [-0.15, -0.1) is 0 Å². The number of hydrogen-bond donors (Lipinski definition) is 1. The average Bonchev–Trinajstić information content (AvgIpc) is 2.26. The molecule has 3 heteroatoms. The maximum absolute atomic E-state index is 11.4. The van der Waals surface area contributed by atoms with Crippen molar-refractivity contribution in [2.24, 2.45) is 5.92 Å². The highest BCUT2D eigenvalue weighted by molar-refractivity contribution is 5.78. The summed E-state index contributed by atoms with van der Waals surface area (Å²) in [6, 6.07) is 0. The van der Waals surface area contributed by atoms with Gasteiger partial charge in [-0.2, -0.15) is 0 Å². The minimum atomic E-state index is 0.151. The van der Waals surface area contributed by atoms with E-state index in [0.29, 0.717) is 0 Å². The van der Waals surface area contributed by atoms with Crippen LogP contribution < -0.4 is 5.32 Å². The molecule has 3 nitrogen and oxygen atoms in total. The molecule has 0 rings (SSSR count). The molecule has 0 fully saturated rings. The van der Waals surface area contributed by atoms with Crippen LogP contribution >= 0.6 is 0 Å². The molecule has 0 radical (unpaired) electrons. The van der Waals surface area contributed by atoms with Crippen molar-refractivity contribution in [1.82, 2.24) is 5.32 Å². The molecule has 90 valence electrons. The third kappa shape index (κ3) is 8.43. The van der Waals surface area contributed by atoms with Crippen molar-refractivity contribution in [1.29, 1.82) is 0 Å². The lowest BCUT2D eigenvalue weighted by Crippen LogP contribution is -2.29. The molecule has 1 atom stereocenters. The van der Waals surface area contributed by atoms with Crippen LogP contribution in [0.5, 0.6) is 0 Å². The number of amides is 1. The molecule has 0 aromatic heterocycles. The number of nitrogens with one attached hydrogen (secondary N) is 1. The lowest BCUT2D eigenvalue weighted by molar-refractivity contribution is -0.124. The molecule has 0 aliphatic rings. The largest absolute Gasteiger partial charge is 0.385 e. The second-order valence-electron chi connectivity index (χ2n) is 4.01. The summed E-state index contributed by atoms with van der Waals surface area (Å²) in [6.45, 7) is 5.66. The molecule has 0 heterocycles. The predicted molar refractivity (Wildman–Crippen MR) is 62.8 cm³/mol. The third-order valence-electron chi connectivity index (χ3n) is 2.63. The van der Waals surface area contributed by atoms with Gasteiger partial charge >= 0.3 is 0 Å². The standard InChI is InChI=1S/C12H25NO2/c1-4-11(2)12(14)13-9-7-5-6-8-10-15-3/h11H,4-10H2,1-3H3,(H,13,14). The summed E-state index contributed by atoms with van der Waals surface area (Å²) in [5, 5.41) is 2.95. The van der Waals surface area contributed by atoms with Gasteiger partial charge in [0.05, 0.1) is 0 Å². The van der Waals surface area contributed by atoms with Crippen molar-refractivity contribution in [2.45, 2.75) is 46.0 Å². The van der Waals surface area contributed by atoms with E-state index in [0.717, 1.165) is 32.4 Å². The quantitative estimate of drug-likeness (QED) is 0.600. The fraction of sp³-hybridized carbons (Fsp3) is 0.917. The van der Waals surface area contributed by atoms with Crippen LogP contribution in [0.2, 0.25) is 0 Å². The molecule has 0 aromatic rings. The van der Waals surface area contributed by atoms with Gasteiger partial charge in [0.1, 0.15) is 0 Å². The number of unbranched alkanes of at least 4 members (excludes halogenated alkanes) is 3. The molecule has 0 spiro atoms. The predicted octanol–water partition coefficient (Wildman–Crippen LogP) is 2.36. The van der Waals surface area contributed by atoms with E-state index in [1.165, 1.54) is 12.8 Å². The minimum absolute atomic E-state index is 0.151. The Morgan fingerprint density at radius 3 is 2.53 bits per heavy atom. The van der Waals surface area contributed by atoms with Crippen molar-refractivity contribution in [3.05, 3.63) is 0 Å². The topological polar surface area (TPSA) is 38.3 Å². The summed E-state index contributed by atoms with van der Waals surface area (Å²) in [7, 11) is 1.73. The van der Waals surface area contributed by atoms with Crippen LogP contribution in [0.3, 0.4) is 0 Å². The van der Waals surface area contributed by atoms with Crippen molar-refractivity contribution in [3.8, 4) is 0 Å². The second kappa shape index (κ2) is 9.97. The zero-order valence-electron chi connectivity index (χ0n) is 10.3. The van der Waals surface area contributed by atoms with Gasteiger partial charge in [0.2, 0.25) is 5.91 Å². The van der Waals surface area contributed by atoms with Gasteiger partial charge in [-0.3, -0.25) is 4.79 Å². The Balaban J connectivity index is 3.20. The number of carbonyl (C=O) groups excluding carboxylic acids is 1. The molecule has 1 N–H and O–H groups in total. The highest BCUT2D eigenvalue weighted by Crippen LogP contribution is 2.01. The van der Waals surface area contributed by atoms with E-state index >= 15 is 0 Å². The second-order valence-corrected chi connectivity index (χ2v) is 4.01. The SMILES string of the molecule is CCC(C)C(=O)NCCCCCCOC. The van der Waals surface area contributed by atoms with Crippen LogP contribution in [-0.4, -0.2) is 26.2 Å². The lowest BCUT2D eigenvalue weighted by Gasteiger charge is -2.09. The summed E-state index contributed by atoms with van der Waals surface area (Å²) < 4.78 is 4.96. The summed E-state index contributed by atoms with van der Waals surface area (Å²) in [6.07, 6.45) is 5.47. The first-order chi connectivity index (χ1) is 7.22. The first-order valence-electron chi connectivity index (χ1n) is 5.99. The molecule has 1 amide bonds. The molecular weight excluding hydrogens is 190 g/mol. The first kappa shape index (κ1) is 14.4. The zero-order valence-corrected chi connectivity index (χ0v) is 10.3. The van der Waals surface area contributed by atoms with Crippen molar-refractivity contribution >= 4 is 5.91 Å². The normalized spacial score (nSPS) is 12.5. The van der Waals surface area contributed by atoms with E-state index in [4.69, 9.17) is 4.74 Å². The Kier molecular flexibility index (Phi) is 9.59. The van der Waals surface area contributed by atoms with Crippen LogP contribution in [0.4, 0.5) is 0 Å². The lowest BCUT2D eigenvalue weighted by atomic mass is 10.1. The minimum Gasteiger partial charge on any atom is -0.385 e. The summed E-state index contributed by atoms with van der Waals surface area (Å²) >= 11 is 0. The molecule has 1 unspecified atom stereocenters. The van der Waals surface area contributed by atoms with E-state index in [1.54, 1.807) is 7.11 Å². The number of hydrogen-bond acceptors (Lipinski definition) is 2. The van der Waals surface area contributed by atoms with Gasteiger partial charge < -0.3 is 10.1 Å². The molecule has 0 aliphatic heterocycles. The Hall–Kier alpha value is -0.570. The van der Waals surface area contributed by atoms with Gasteiger partial charge in [0, 0.05) is 26.2 Å². The van der Waals surface area contributed by atoms with Crippen molar-refractivity contribution in [2.75, 3.05) is 20.3 Å². The summed E-state index contributed by atoms with van der Waals surface area (Å²) in [4.78, 5) is 11.4. The van der Waals surface area contributed by atoms with Crippen molar-refractivity contribution in [3.63, 3.8) is 0 Å². The fourth-order valence-electron chi connectivity index (χ4n) is 1.30. The Morgan fingerprint density at radius 1 is 1.27 bits per heavy atom. The van der Waals surface area contributed by atoms with Gasteiger partial charge in [-0.1, -0.05) is 26.7 Å². The Labute approximate surface area is 93.6 Å². The van der Waals surface area contributed by atoms with Crippen LogP contribution in [-0.2, 0) is 9.53 Å². The molecule has 15 heavy (non-hydrogen) atoms. The monoisotopic (exact) mass is 215 g/mol. The molecule has 0 aliphatic carbocycles. The fourth-order valence-corrected chi connectivity index (χ4v) is 1.30. The molecule has 0 bridgehead atoms. The van der Waals surface area contributed by atoms with Crippen LogP contribution in [0.15, 0.2) is 0 Å². The smallest absolute Gasteiger partial charge is 0.222 e. The van der Waals surface area contributed by atoms with Gasteiger partial charge in [-0.25, -0.2) is 0 Å². The van der Waals surface area contributed by atoms with Gasteiger partial charge in [0.25, 0.3) is 0 Å². The van der Waals surface area contributed by atoms with E-state index < -0.39 is 0 Å². The van der Waals surface area contributed by atoms with E-state index in [1.807, 2.05) is 13.8 Å². The molecule has 0 saturated heterocycles. The van der Waals surface area contributed by atoms with E-state index in [2.05, 4.69) is 5.32 Å². The third-order valence-corrected chi connectivity index (χ3v) is 2.63. The van der Waals surface area contributed by atoms with Crippen LogP contribution in [0, 0.1) is 5.92 Å². The Morgan fingerprint density at radius 2 is 1.93 bits per heavy atom. The molecule has 0 aromatic carbocycles. The zero-order chi connectivity index (χ0) is 11.5. The molecule has 0 saturated carbocycles. The maximum Gasteiger partial charge on any atom is 0.222 e. The maximum atomic E-state index is 11.4. The van der Waals surface area contributed by atoms with Crippen LogP contribution in [0.25, 0.3) is 0 Å². The molecular formula is C12H25NO2. The number of ether oxygens (including phenoxy) is 1. The highest BCUT2D eigenvalue weighted by Gasteiger charge is 2.08. The highest BCUT2D eigenvalue weighted by atomic mass is 16.5. The van der Waals surface area contributed by atoms with Gasteiger partial charge in [-0.05, 0) is 19.3 Å². The number of methoxy groups -OCH3 is 1. The summed E-state index contributed by atoms with van der Waals surface area (Å²) in [5.41, 5.74) is 0. The Bertz CT molecular complexity index is 160. The van der Waals surface area contributed by atoms with Crippen LogP contribution in [0.1, 0.15) is 46.0 Å². The first-order valence-corrected chi connectivity index (χ1v) is 5.99. The van der Waals surface area contributed by atoms with E-state index in [9.17, 15) is 4.79 Å².